The number of nitrogens with zero attached hydrogens (tertiary/aromatic N) is 5. The zero-order chi connectivity index (χ0) is 15.2. The minimum absolute atomic E-state index is 0. The van der Waals surface area contributed by atoms with Crippen molar-refractivity contribution in [3.05, 3.63) is 5.82 Å². The number of aromatic nitrogens is 2. The van der Waals surface area contributed by atoms with Crippen molar-refractivity contribution in [1.29, 1.82) is 0 Å². The summed E-state index contributed by atoms with van der Waals surface area (Å²) in [5, 5.41) is 3.62. The van der Waals surface area contributed by atoms with Crippen molar-refractivity contribution < 1.29 is 8.78 Å². The zero-order valence-corrected chi connectivity index (χ0v) is 15.8. The fraction of sp³-hybridized carbons (Fsp3) is 0.750. The molecule has 126 valence electrons. The highest BCUT2D eigenvalue weighted by Gasteiger charge is 2.22. The summed E-state index contributed by atoms with van der Waals surface area (Å²) in [6.45, 7) is 4.68. The van der Waals surface area contributed by atoms with Gasteiger partial charge in [0.1, 0.15) is 5.82 Å². The molecule has 0 saturated carbocycles. The van der Waals surface area contributed by atoms with Gasteiger partial charge in [-0.25, -0.2) is 13.8 Å². The molecule has 1 aromatic heterocycles. The average molecular weight is 446 g/mol. The van der Waals surface area contributed by atoms with Crippen LogP contribution in [0.4, 0.5) is 13.9 Å². The average Bonchev–Trinajstić information content (AvgIpc) is 2.97. The lowest BCUT2D eigenvalue weighted by molar-refractivity contribution is 0.150. The van der Waals surface area contributed by atoms with Crippen molar-refractivity contribution in [2.45, 2.75) is 19.8 Å². The highest BCUT2D eigenvalue weighted by molar-refractivity contribution is 14.0. The standard InChI is InChI=1S/C12H20F2N6S.HI/c1-3-10-17-12(21-18-10)20-6-4-19(5-7-20)11(15-2)16-8-9(13)14;/h9H,3-8H2,1-2H3,(H,15,16);1H. The van der Waals surface area contributed by atoms with Crippen LogP contribution in [-0.4, -0.2) is 66.4 Å². The number of hydrogen-bond donors (Lipinski definition) is 1. The number of rotatable bonds is 4. The van der Waals surface area contributed by atoms with Crippen LogP contribution in [0.2, 0.25) is 0 Å². The Bertz CT molecular complexity index is 476. The summed E-state index contributed by atoms with van der Waals surface area (Å²) in [5.41, 5.74) is 0. The van der Waals surface area contributed by atoms with Gasteiger partial charge in [0.15, 0.2) is 5.96 Å². The van der Waals surface area contributed by atoms with E-state index in [2.05, 4.69) is 24.6 Å². The topological polar surface area (TPSA) is 56.7 Å². The van der Waals surface area contributed by atoms with Crippen LogP contribution in [0.15, 0.2) is 4.99 Å². The van der Waals surface area contributed by atoms with E-state index in [1.54, 1.807) is 7.05 Å². The molecular weight excluding hydrogens is 425 g/mol. The van der Waals surface area contributed by atoms with Crippen LogP contribution in [0.5, 0.6) is 0 Å². The van der Waals surface area contributed by atoms with Gasteiger partial charge in [0.25, 0.3) is 6.43 Å². The van der Waals surface area contributed by atoms with Gasteiger partial charge < -0.3 is 15.1 Å². The van der Waals surface area contributed by atoms with E-state index in [1.165, 1.54) is 11.5 Å². The van der Waals surface area contributed by atoms with Crippen LogP contribution in [-0.2, 0) is 6.42 Å². The van der Waals surface area contributed by atoms with Gasteiger partial charge in [-0.3, -0.25) is 4.99 Å². The van der Waals surface area contributed by atoms with Crippen LogP contribution in [0.3, 0.4) is 0 Å². The maximum atomic E-state index is 12.3. The number of anilines is 1. The number of hydrogen-bond acceptors (Lipinski definition) is 5. The third kappa shape index (κ3) is 5.14. The Morgan fingerprint density at radius 1 is 1.36 bits per heavy atom. The van der Waals surface area contributed by atoms with Gasteiger partial charge in [-0.15, -0.1) is 24.0 Å². The highest BCUT2D eigenvalue weighted by Crippen LogP contribution is 2.19. The van der Waals surface area contributed by atoms with Crippen LogP contribution >= 0.6 is 35.5 Å². The molecule has 0 spiro atoms. The molecule has 2 heterocycles. The molecule has 0 aromatic carbocycles. The largest absolute Gasteiger partial charge is 0.351 e. The van der Waals surface area contributed by atoms with Crippen molar-refractivity contribution in [3.8, 4) is 0 Å². The molecule has 10 heteroatoms. The van der Waals surface area contributed by atoms with Gasteiger partial charge in [-0.1, -0.05) is 6.92 Å². The maximum absolute atomic E-state index is 12.3. The SMILES string of the molecule is CCc1nsc(N2CCN(C(=NC)NCC(F)F)CC2)n1.I. The lowest BCUT2D eigenvalue weighted by Gasteiger charge is -2.36. The van der Waals surface area contributed by atoms with Crippen LogP contribution in [0, 0.1) is 0 Å². The van der Waals surface area contributed by atoms with Crippen molar-refractivity contribution >= 4 is 46.6 Å². The molecule has 0 radical (unpaired) electrons. The summed E-state index contributed by atoms with van der Waals surface area (Å²) in [6.07, 6.45) is -1.54. The van der Waals surface area contributed by atoms with E-state index in [9.17, 15) is 8.78 Å². The molecule has 1 aromatic rings. The number of guanidine groups is 1. The summed E-state index contributed by atoms with van der Waals surface area (Å²) in [5.74, 6) is 1.40. The molecule has 6 nitrogen and oxygen atoms in total. The second-order valence-corrected chi connectivity index (χ2v) is 5.37. The van der Waals surface area contributed by atoms with Crippen LogP contribution < -0.4 is 10.2 Å². The molecule has 0 aliphatic carbocycles. The first kappa shape index (κ1) is 19.3. The summed E-state index contributed by atoms with van der Waals surface area (Å²) < 4.78 is 28.8. The van der Waals surface area contributed by atoms with E-state index in [0.717, 1.165) is 43.6 Å². The van der Waals surface area contributed by atoms with Crippen molar-refractivity contribution in [2.75, 3.05) is 44.7 Å². The van der Waals surface area contributed by atoms with E-state index in [4.69, 9.17) is 0 Å². The Morgan fingerprint density at radius 3 is 2.55 bits per heavy atom. The second-order valence-electron chi connectivity index (χ2n) is 4.64. The fourth-order valence-electron chi connectivity index (χ4n) is 2.13. The molecule has 1 aliphatic rings. The number of nitrogens with one attached hydrogen (secondary N) is 1. The smallest absolute Gasteiger partial charge is 0.255 e. The normalized spacial score (nSPS) is 16.0. The number of alkyl halides is 2. The molecule has 1 aliphatic heterocycles. The molecule has 1 fully saturated rings. The van der Waals surface area contributed by atoms with Gasteiger partial charge >= 0.3 is 0 Å². The summed E-state index contributed by atoms with van der Waals surface area (Å²) in [6, 6.07) is 0. The fourth-order valence-corrected chi connectivity index (χ4v) is 2.93. The number of aliphatic imine (C=N–C) groups is 1. The molecule has 0 amide bonds. The van der Waals surface area contributed by atoms with Gasteiger partial charge in [0.2, 0.25) is 5.13 Å². The Kier molecular flexibility index (Phi) is 8.21. The lowest BCUT2D eigenvalue weighted by atomic mass is 10.3. The molecule has 1 N–H and O–H groups in total. The van der Waals surface area contributed by atoms with Crippen molar-refractivity contribution in [1.82, 2.24) is 19.6 Å². The predicted octanol–water partition coefficient (Wildman–Crippen LogP) is 1.68. The number of halogens is 3. The Hall–Kier alpha value is -0.780. The summed E-state index contributed by atoms with van der Waals surface area (Å²) in [7, 11) is 1.61. The van der Waals surface area contributed by atoms with E-state index < -0.39 is 6.43 Å². The van der Waals surface area contributed by atoms with E-state index in [0.29, 0.717) is 5.96 Å². The number of piperazine rings is 1. The Labute approximate surface area is 150 Å². The molecule has 0 unspecified atom stereocenters. The summed E-state index contributed by atoms with van der Waals surface area (Å²) >= 11 is 1.41. The summed E-state index contributed by atoms with van der Waals surface area (Å²) in [4.78, 5) is 12.7. The first-order chi connectivity index (χ1) is 10.1. The quantitative estimate of drug-likeness (QED) is 0.434. The minimum Gasteiger partial charge on any atom is -0.351 e. The molecule has 2 rings (SSSR count). The predicted molar refractivity (Wildman–Crippen MR) is 95.9 cm³/mol. The first-order valence-electron chi connectivity index (χ1n) is 6.95. The van der Waals surface area contributed by atoms with Crippen LogP contribution in [0.25, 0.3) is 0 Å². The van der Waals surface area contributed by atoms with E-state index in [1.807, 2.05) is 11.8 Å². The highest BCUT2D eigenvalue weighted by atomic mass is 127. The Morgan fingerprint density at radius 2 is 2.05 bits per heavy atom. The van der Waals surface area contributed by atoms with E-state index >= 15 is 0 Å². The van der Waals surface area contributed by atoms with Gasteiger partial charge in [0.05, 0.1) is 6.54 Å². The molecular formula is C12H21F2IN6S. The van der Waals surface area contributed by atoms with Gasteiger partial charge in [-0.2, -0.15) is 4.37 Å². The van der Waals surface area contributed by atoms with Crippen molar-refractivity contribution in [2.24, 2.45) is 4.99 Å². The van der Waals surface area contributed by atoms with Crippen molar-refractivity contribution in [3.63, 3.8) is 0 Å². The molecule has 0 bridgehead atoms. The molecule has 22 heavy (non-hydrogen) atoms. The molecule has 0 atom stereocenters. The Balaban J connectivity index is 0.00000242. The molecule has 1 saturated heterocycles. The maximum Gasteiger partial charge on any atom is 0.255 e. The van der Waals surface area contributed by atoms with Gasteiger partial charge in [0, 0.05) is 51.2 Å². The number of aryl methyl sites for hydroxylation is 1. The second kappa shape index (κ2) is 9.38. The zero-order valence-electron chi connectivity index (χ0n) is 12.6. The van der Waals surface area contributed by atoms with E-state index in [-0.39, 0.29) is 30.5 Å². The monoisotopic (exact) mass is 446 g/mol. The third-order valence-corrected chi connectivity index (χ3v) is 4.06. The van der Waals surface area contributed by atoms with Crippen LogP contribution in [0.1, 0.15) is 12.7 Å². The first-order valence-corrected chi connectivity index (χ1v) is 7.72. The minimum atomic E-state index is -2.38. The third-order valence-electron chi connectivity index (χ3n) is 3.25. The lowest BCUT2D eigenvalue weighted by Crippen LogP contribution is -2.53. The van der Waals surface area contributed by atoms with Gasteiger partial charge in [-0.05, 0) is 0 Å².